The van der Waals surface area contributed by atoms with Gasteiger partial charge in [-0.1, -0.05) is 120 Å². The van der Waals surface area contributed by atoms with E-state index in [4.69, 9.17) is 57.8 Å². The van der Waals surface area contributed by atoms with Gasteiger partial charge in [-0.15, -0.1) is 0 Å². The number of ketones is 2. The van der Waals surface area contributed by atoms with Crippen LogP contribution in [-0.2, 0) is 111 Å². The van der Waals surface area contributed by atoms with Gasteiger partial charge in [-0.05, 0) is 104 Å². The Kier molecular flexibility index (Phi) is 32.0. The van der Waals surface area contributed by atoms with E-state index in [0.717, 1.165) is 6.92 Å². The highest BCUT2D eigenvalue weighted by Crippen LogP contribution is 2.71. The van der Waals surface area contributed by atoms with Crippen LogP contribution < -0.4 is 37.6 Å². The number of fused-ring (bicyclic) bond motifs is 5. The molecule has 15 atom stereocenters. The zero-order valence-electron chi connectivity index (χ0n) is 67.9. The Hall–Kier alpha value is -10.8. The molecule has 1 saturated heterocycles. The van der Waals surface area contributed by atoms with Crippen molar-refractivity contribution in [2.45, 2.75) is 187 Å². The van der Waals surface area contributed by atoms with Crippen LogP contribution in [0.25, 0.3) is 0 Å². The van der Waals surface area contributed by atoms with Crippen molar-refractivity contribution in [2.75, 3.05) is 72.3 Å². The van der Waals surface area contributed by atoms with Crippen molar-refractivity contribution in [3.05, 3.63) is 149 Å². The minimum atomic E-state index is -2.52. The fraction of sp³-hybridized carbons (Fsp3) is 0.524. The van der Waals surface area contributed by atoms with Crippen molar-refractivity contribution in [3.63, 3.8) is 0 Å². The van der Waals surface area contributed by atoms with Crippen molar-refractivity contribution in [3.8, 4) is 0 Å². The van der Waals surface area contributed by atoms with Crippen LogP contribution in [0.15, 0.2) is 126 Å². The normalized spacial score (nSPS) is 23.7. The van der Waals surface area contributed by atoms with E-state index in [2.05, 4.69) is 31.9 Å². The number of anilines is 1. The largest absolute Gasteiger partial charge is 0.509 e. The number of hydrogen-bond acceptors (Lipinski definition) is 26. The van der Waals surface area contributed by atoms with Gasteiger partial charge in [0.15, 0.2) is 23.3 Å². The fourth-order valence-electron chi connectivity index (χ4n) is 15.9. The predicted molar refractivity (Wildman–Crippen MR) is 416 cm³/mol. The Balaban J connectivity index is 1.01. The van der Waals surface area contributed by atoms with Gasteiger partial charge in [0, 0.05) is 75.5 Å². The van der Waals surface area contributed by atoms with Crippen molar-refractivity contribution in [1.82, 2.24) is 26.6 Å². The lowest BCUT2D eigenvalue weighted by molar-refractivity contribution is -0.375. The average Bonchev–Trinajstić information content (AvgIpc) is 0.650. The quantitative estimate of drug-likeness (QED) is 0.0122. The van der Waals surface area contributed by atoms with E-state index >= 15 is 9.59 Å². The van der Waals surface area contributed by atoms with Crippen molar-refractivity contribution < 1.29 is 124 Å². The molecule has 4 aromatic rings. The third kappa shape index (κ3) is 21.7. The van der Waals surface area contributed by atoms with Gasteiger partial charge in [0.1, 0.15) is 61.9 Å². The zero-order valence-corrected chi connectivity index (χ0v) is 67.9. The van der Waals surface area contributed by atoms with Crippen LogP contribution in [0.5, 0.6) is 0 Å². The van der Waals surface area contributed by atoms with Crippen molar-refractivity contribution >= 4 is 88.6 Å². The number of aliphatic hydroxyl groups is 1. The molecule has 33 nitrogen and oxygen atoms in total. The number of nitrogens with one attached hydrogen (secondary N) is 6. The van der Waals surface area contributed by atoms with E-state index in [1.54, 1.807) is 89.2 Å². The molecule has 3 fully saturated rings. The Morgan fingerprint density at radius 1 is 0.667 bits per heavy atom. The second-order valence-electron chi connectivity index (χ2n) is 30.7. The number of primary amides is 1. The molecule has 3 aliphatic carbocycles. The summed E-state index contributed by atoms with van der Waals surface area (Å²) in [5.74, 6) is -12.3. The maximum absolute atomic E-state index is 16.4. The van der Waals surface area contributed by atoms with Gasteiger partial charge < -0.3 is 94.8 Å². The number of hydrogen-bond donors (Lipinski definition) is 8. The number of benzene rings is 4. The molecule has 4 aromatic carbocycles. The molecule has 5 unspecified atom stereocenters. The molecule has 0 radical (unpaired) electrons. The number of carbonyl (C=O) groups is 14. The van der Waals surface area contributed by atoms with Gasteiger partial charge in [0.25, 0.3) is 5.91 Å². The van der Waals surface area contributed by atoms with E-state index < -0.39 is 190 Å². The van der Waals surface area contributed by atoms with Crippen LogP contribution in [0.3, 0.4) is 0 Å². The first-order chi connectivity index (χ1) is 55.5. The molecule has 1 heterocycles. The Morgan fingerprint density at radius 3 is 1.85 bits per heavy atom. The van der Waals surface area contributed by atoms with Crippen molar-refractivity contribution in [1.29, 1.82) is 0 Å². The number of amides is 7. The fourth-order valence-corrected chi connectivity index (χ4v) is 15.9. The summed E-state index contributed by atoms with van der Waals surface area (Å²) in [5, 5.41) is 30.1. The number of esters is 4. The first-order valence-electron chi connectivity index (χ1n) is 38.7. The van der Waals surface area contributed by atoms with E-state index in [1.807, 2.05) is 0 Å². The topological polar surface area (TPSA) is 459 Å². The number of ether oxygens (including phenoxy) is 11. The first-order valence-corrected chi connectivity index (χ1v) is 38.7. The molecule has 7 amide bonds. The van der Waals surface area contributed by atoms with Gasteiger partial charge >= 0.3 is 30.0 Å². The molecular formula is C84H107N7O26. The number of Topliss-reactive ketones (excluding diaryl/α,β-unsaturated/α-hetero) is 2. The highest BCUT2D eigenvalue weighted by Gasteiger charge is 2.83. The highest BCUT2D eigenvalue weighted by molar-refractivity contribution is 6.01. The average molecular weight is 1630 g/mol. The number of unbranched alkanes of at least 4 members (excludes halogenated alkanes) is 1. The van der Waals surface area contributed by atoms with Gasteiger partial charge in [0.2, 0.25) is 41.5 Å². The molecule has 9 N–H and O–H groups in total. The monoisotopic (exact) mass is 1630 g/mol. The predicted octanol–water partition coefficient (Wildman–Crippen LogP) is 5.26. The maximum atomic E-state index is 16.4. The summed E-state index contributed by atoms with van der Waals surface area (Å²) < 4.78 is 64.0. The second kappa shape index (κ2) is 40.8. The summed E-state index contributed by atoms with van der Waals surface area (Å²) in [6, 6.07) is 23.6. The highest BCUT2D eigenvalue weighted by atomic mass is 16.7. The van der Waals surface area contributed by atoms with E-state index in [9.17, 15) is 62.6 Å². The van der Waals surface area contributed by atoms with Gasteiger partial charge in [0.05, 0.1) is 56.5 Å². The van der Waals surface area contributed by atoms with E-state index in [1.165, 1.54) is 103 Å². The maximum Gasteiger partial charge on any atom is 0.509 e. The number of rotatable bonds is 40. The molecule has 2 saturated carbocycles. The second-order valence-corrected chi connectivity index (χ2v) is 30.7. The standard InChI is InChI=1S/C84H107N7O26/c1-48(40-61(94)59(89-66(97)46-110-39-37-108-12)30-22-23-35-86-65(96)45-109-38-36-107-11)72(99)87-51(4)73(100)90-60(42-64(85)95)75(102)88-58-33-31-54(32-34-58)44-111-79(105)115-70(68(55-24-16-13-17-25-55)91-74(101)56-26-18-14-19-27-56)77(104)114-62-43-83(106)78(116-76(103)57-28-20-15-21-29-57)82(10)81(9,49(2)41-63-84(82,47-112-63)117-53(6)93)71(98)69(113-52(5)92)67(50(62)3)80(83,7)8/h13-21,24-29,31-34,48-49,51,59-60,62-63,68-70,78,106H,22-23,30,35-47H2,1-12H3,(H2,85,95)(H,86,96)(H,87,99)(H,88,102)(H,89,97)(H,90,100)(H,91,101)/t48-,49-,51+,59-,60+,62?,63?,68-,69+,70?,78?,81-,82-,83+,84?/m0/s1. The summed E-state index contributed by atoms with van der Waals surface area (Å²) in [4.78, 5) is 195. The van der Waals surface area contributed by atoms with Gasteiger partial charge in [-0.3, -0.25) is 52.7 Å². The number of nitrogens with two attached hydrogens (primary N) is 1. The zero-order chi connectivity index (χ0) is 85.7. The molecule has 117 heavy (non-hydrogen) atoms. The molecule has 634 valence electrons. The molecule has 4 aliphatic rings. The lowest BCUT2D eigenvalue weighted by Crippen LogP contribution is -2.85. The van der Waals surface area contributed by atoms with Crippen molar-refractivity contribution in [2.24, 2.45) is 33.8 Å². The first kappa shape index (κ1) is 91.7. The van der Waals surface area contributed by atoms with Crippen LogP contribution in [0.2, 0.25) is 0 Å². The summed E-state index contributed by atoms with van der Waals surface area (Å²) in [6.07, 6.45) is -10.7. The molecular weight excluding hydrogens is 1520 g/mol. The molecule has 1 aliphatic heterocycles. The third-order valence-electron chi connectivity index (χ3n) is 22.6. The third-order valence-corrected chi connectivity index (χ3v) is 22.6. The number of methoxy groups -OCH3 is 2. The van der Waals surface area contributed by atoms with Crippen LogP contribution in [-0.4, -0.2) is 215 Å². The van der Waals surface area contributed by atoms with Gasteiger partial charge in [-0.25, -0.2) is 14.4 Å². The van der Waals surface area contributed by atoms with E-state index in [-0.39, 0.29) is 110 Å². The number of carbonyl (C=O) groups excluding carboxylic acids is 14. The summed E-state index contributed by atoms with van der Waals surface area (Å²) in [5.41, 5.74) is -3.64. The lowest BCUT2D eigenvalue weighted by atomic mass is 9.37. The lowest BCUT2D eigenvalue weighted by Gasteiger charge is -2.72. The molecule has 33 heteroatoms. The van der Waals surface area contributed by atoms with Crippen LogP contribution in [0.1, 0.15) is 152 Å². The Morgan fingerprint density at radius 2 is 1.27 bits per heavy atom. The van der Waals surface area contributed by atoms with Crippen LogP contribution in [0.4, 0.5) is 10.5 Å². The SMILES string of the molecule is COCCOCC(=O)NCCCC[C@H](NC(=O)COCCOC)C(=O)C[C@H](C)C(=O)N[C@H](C)C(=O)N[C@H](CC(N)=O)C(=O)Nc1ccc(COC(=O)OC(C(=O)OC2C[C@@]3(O)C(OC(=O)c4ccccc4)[C@]4(C)C5(OC(C)=O)COC5C[C@H](C)[C@@]4(C)C(=O)[C@H](OC(C)=O)C(=C2C)C3(C)C)[C@@H](NC(=O)c2ccccc2)c2ccccc2)cc1. The molecule has 0 spiro atoms. The molecule has 0 aromatic heterocycles. The summed E-state index contributed by atoms with van der Waals surface area (Å²) >= 11 is 0. The van der Waals surface area contributed by atoms with Gasteiger partial charge in [-0.2, -0.15) is 0 Å². The Bertz CT molecular complexity index is 4280. The molecule has 8 rings (SSSR count). The smallest absolute Gasteiger partial charge is 0.455 e. The summed E-state index contributed by atoms with van der Waals surface area (Å²) in [7, 11) is 2.96. The summed E-state index contributed by atoms with van der Waals surface area (Å²) in [6.45, 7) is 14.2. The van der Waals surface area contributed by atoms with Crippen LogP contribution >= 0.6 is 0 Å². The van der Waals surface area contributed by atoms with Crippen LogP contribution in [0, 0.1) is 28.1 Å². The minimum Gasteiger partial charge on any atom is -0.455 e. The van der Waals surface area contributed by atoms with E-state index in [0.29, 0.717) is 19.4 Å². The molecule has 2 bridgehead atoms. The Labute approximate surface area is 678 Å². The minimum absolute atomic E-state index is 0.0335.